The molecule has 0 aliphatic carbocycles. The van der Waals surface area contributed by atoms with E-state index in [1.165, 1.54) is 75.7 Å². The molecular weight excluding hydrogens is 1940 g/mol. The summed E-state index contributed by atoms with van der Waals surface area (Å²) < 4.78 is 0. The Morgan fingerprint density at radius 2 is 0.614 bits per heavy atom. The molecule has 0 bridgehead atoms. The fourth-order valence-corrected chi connectivity index (χ4v) is 15.5. The van der Waals surface area contributed by atoms with E-state index in [9.17, 15) is 131 Å². The van der Waals surface area contributed by atoms with Crippen LogP contribution in [0.1, 0.15) is 211 Å². The normalized spacial score (nSPS) is 14.9. The SMILES string of the molecule is CC(C)C[C@H](NC(=O)[C@H](C)NC(=O)[C@H](CCC(=O)O)NC(=O)[C@H](C)NC(=O)[C@H](C)NC(=O)CNC(=O)CNC(=O)[C@@H](N)CSSc1ccccn1)C(=O)N[C@@H](CC(C)C)C(=O)N[C@@H](CCCCN)C(=O)N[C@@H](C)C(=O)N[C@@H](C)C(=O)N[C@@H](CCC(=O)O)C(=O)N[C@@H](CCC(=O)O)C(=O)N[C@@H](Cc1c[nH]cn1)C(=O)N[C@@H](CC(C)C)C(=O)N[C@@H](CCCCN)C(=O)N[C@@H](CCCCN)C(=O)N[C@@H](C)C(=O)N[C@@H](C)C(=O)O. The Balaban J connectivity index is 2.33. The first-order chi connectivity index (χ1) is 68.2. The van der Waals surface area contributed by atoms with Crippen LogP contribution in [0.3, 0.4) is 0 Å². The van der Waals surface area contributed by atoms with Crippen molar-refractivity contribution in [1.82, 2.24) is 116 Å². The van der Waals surface area contributed by atoms with Crippen LogP contribution in [0.5, 0.6) is 0 Å². The van der Waals surface area contributed by atoms with Crippen molar-refractivity contribution in [1.29, 1.82) is 0 Å². The van der Waals surface area contributed by atoms with Crippen molar-refractivity contribution in [2.24, 2.45) is 40.7 Å². The maximum atomic E-state index is 14.7. The smallest absolute Gasteiger partial charge is 0.325 e. The summed E-state index contributed by atoms with van der Waals surface area (Å²) in [6.45, 7) is 18.1. The number of aromatic nitrogens is 3. The first-order valence-corrected chi connectivity index (χ1v) is 50.1. The van der Waals surface area contributed by atoms with Crippen molar-refractivity contribution in [3.8, 4) is 0 Å². The van der Waals surface area contributed by atoms with Gasteiger partial charge in [0, 0.05) is 43.8 Å². The summed E-state index contributed by atoms with van der Waals surface area (Å²) >= 11 is 0. The van der Waals surface area contributed by atoms with Crippen LogP contribution in [0.15, 0.2) is 41.9 Å². The molecule has 145 heavy (non-hydrogen) atoms. The van der Waals surface area contributed by atoms with E-state index in [0.29, 0.717) is 30.7 Å². The van der Waals surface area contributed by atoms with Gasteiger partial charge in [-0.3, -0.25) is 110 Å². The Morgan fingerprint density at radius 3 is 0.938 bits per heavy atom. The molecule has 0 fully saturated rings. The van der Waals surface area contributed by atoms with Gasteiger partial charge in [-0.1, -0.05) is 58.4 Å². The Labute approximate surface area is 847 Å². The van der Waals surface area contributed by atoms with E-state index < -0.39 is 303 Å². The molecule has 55 heteroatoms. The summed E-state index contributed by atoms with van der Waals surface area (Å²) in [5, 5.41) is 85.7. The van der Waals surface area contributed by atoms with Crippen LogP contribution < -0.4 is 124 Å². The van der Waals surface area contributed by atoms with Gasteiger partial charge in [0.15, 0.2) is 0 Å². The molecule has 0 unspecified atom stereocenters. The zero-order valence-corrected chi connectivity index (χ0v) is 85.6. The predicted octanol–water partition coefficient (Wildman–Crippen LogP) is -6.07. The highest BCUT2D eigenvalue weighted by atomic mass is 33.1. The van der Waals surface area contributed by atoms with E-state index in [-0.39, 0.29) is 100 Å². The lowest BCUT2D eigenvalue weighted by Crippen LogP contribution is -2.61. The number of hydrogen-bond acceptors (Lipinski definition) is 31. The molecule has 0 aliphatic rings. The molecular formula is C90H148N26O27S2. The highest BCUT2D eigenvalue weighted by Gasteiger charge is 2.40. The number of hydrogen-bond donors (Lipinski definition) is 28. The number of nitrogens with zero attached hydrogens (tertiary/aromatic N) is 2. The minimum Gasteiger partial charge on any atom is -0.481 e. The fraction of sp³-hybridized carbons (Fsp3) is 0.656. The summed E-state index contributed by atoms with van der Waals surface area (Å²) in [6, 6.07) is -21.3. The van der Waals surface area contributed by atoms with Gasteiger partial charge in [-0.15, -0.1) is 0 Å². The molecule has 0 aromatic carbocycles. The van der Waals surface area contributed by atoms with Crippen LogP contribution in [0.25, 0.3) is 0 Å². The summed E-state index contributed by atoms with van der Waals surface area (Å²) in [6.07, 6.45) is 1.05. The molecule has 2 rings (SSSR count). The minimum absolute atomic E-state index is 0.00237. The third kappa shape index (κ3) is 52.2. The Kier molecular flexibility index (Phi) is 60.0. The van der Waals surface area contributed by atoms with Crippen molar-refractivity contribution in [2.45, 2.75) is 326 Å². The average Bonchev–Trinajstić information content (AvgIpc) is 1.12. The van der Waals surface area contributed by atoms with Crippen molar-refractivity contribution in [3.05, 3.63) is 42.6 Å². The number of carboxylic acids is 4. The first-order valence-electron chi connectivity index (χ1n) is 47.8. The van der Waals surface area contributed by atoms with Crippen LogP contribution >= 0.6 is 21.6 Å². The number of carbonyl (C=O) groups is 23. The Bertz CT molecular complexity index is 4640. The minimum atomic E-state index is -1.89. The number of pyridine rings is 1. The third-order valence-corrected chi connectivity index (χ3v) is 24.0. The number of carboxylic acid groups (broad SMARTS) is 4. The van der Waals surface area contributed by atoms with E-state index in [0.717, 1.165) is 6.92 Å². The second-order valence-corrected chi connectivity index (χ2v) is 38.4. The lowest BCUT2D eigenvalue weighted by molar-refractivity contribution is -0.142. The lowest BCUT2D eigenvalue weighted by Gasteiger charge is -2.28. The van der Waals surface area contributed by atoms with Gasteiger partial charge in [0.05, 0.1) is 31.2 Å². The lowest BCUT2D eigenvalue weighted by atomic mass is 9.99. The largest absolute Gasteiger partial charge is 0.481 e. The van der Waals surface area contributed by atoms with Crippen molar-refractivity contribution in [2.75, 3.05) is 38.5 Å². The van der Waals surface area contributed by atoms with Crippen molar-refractivity contribution >= 4 is 158 Å². The fourth-order valence-electron chi connectivity index (χ4n) is 13.5. The number of carbonyl (C=O) groups excluding carboxylic acids is 19. The maximum Gasteiger partial charge on any atom is 0.325 e. The first kappa shape index (κ1) is 128. The molecule has 32 N–H and O–H groups in total. The number of rotatable bonds is 72. The molecule has 0 aliphatic heterocycles. The van der Waals surface area contributed by atoms with E-state index in [2.05, 4.69) is 116 Å². The molecule has 2 heterocycles. The Morgan fingerprint density at radius 1 is 0.324 bits per heavy atom. The van der Waals surface area contributed by atoms with Crippen molar-refractivity contribution in [3.63, 3.8) is 0 Å². The zero-order valence-electron chi connectivity index (χ0n) is 84.0. The van der Waals surface area contributed by atoms with Gasteiger partial charge in [-0.25, -0.2) is 9.97 Å². The van der Waals surface area contributed by atoms with E-state index in [1.54, 1.807) is 65.9 Å². The molecule has 812 valence electrons. The van der Waals surface area contributed by atoms with Crippen LogP contribution in [0, 0.1) is 17.8 Å². The number of aliphatic carboxylic acids is 4. The molecule has 2 aromatic rings. The number of unbranched alkanes of at least 4 members (excludes halogenated alkanes) is 3. The Hall–Kier alpha value is -13.3. The number of nitrogens with two attached hydrogens (primary N) is 4. The predicted molar refractivity (Wildman–Crippen MR) is 527 cm³/mol. The number of aromatic amines is 1. The standard InChI is InChI=1S/C90H148N26O27S2/c1-45(2)36-63(113-78(130)53(12)105-82(134)60(26-29-70(119)120)107-76(128)51(10)101-73(125)48(7)100-68(118)42-97-67(117)41-98-79(131)56(94)43-144-145-69-25-17-21-35-96-69)88(140)114-64(37-46(3)4)86(138)110-58(23-15-19-33-92)81(133)103-49(8)74(126)102-52(11)77(129)108-61(27-30-71(121)122)84(136)112-62(28-31-72(123)124)85(137)116-66(39-55-40-95-44-99-55)89(141)115-65(38-47(5)6)87(139)111-59(24-16-20-34-93)83(135)109-57(22-14-18-32-91)80(132)104-50(9)75(127)106-54(13)90(142)143/h17,21,25,35,40,44-54,56-66H,14-16,18-20,22-24,26-34,36-39,41-43,91-94H2,1-13H3,(H,95,99)(H,97,117)(H,98,131)(H,100,118)(H,101,125)(H,102,126)(H,103,133)(H,104,132)(H,105,134)(H,106,127)(H,107,128)(H,108,129)(H,109,135)(H,110,138)(H,111,139)(H,112,136)(H,113,130)(H,114,140)(H,115,141)(H,116,137)(H,119,120)(H,121,122)(H,123,124)(H,142,143)/t48-,49-,50-,51-,52-,53-,54-,56-,57-,58-,59-,60-,61-,62-,63-,64-,65-,66-/m0/s1. The highest BCUT2D eigenvalue weighted by molar-refractivity contribution is 8.76. The van der Waals surface area contributed by atoms with Crippen LogP contribution in [0.4, 0.5) is 0 Å². The van der Waals surface area contributed by atoms with Gasteiger partial charge in [0.2, 0.25) is 112 Å². The molecule has 53 nitrogen and oxygen atoms in total. The zero-order chi connectivity index (χ0) is 109. The van der Waals surface area contributed by atoms with Crippen molar-refractivity contribution < 1.29 is 131 Å². The topological polar surface area (TPSA) is 848 Å². The monoisotopic (exact) mass is 2090 g/mol. The van der Waals surface area contributed by atoms with E-state index in [4.69, 9.17) is 22.9 Å². The van der Waals surface area contributed by atoms with Gasteiger partial charge in [0.25, 0.3) is 0 Å². The molecule has 18 atom stereocenters. The van der Waals surface area contributed by atoms with Crippen LogP contribution in [-0.4, -0.2) is 319 Å². The summed E-state index contributed by atoms with van der Waals surface area (Å²) in [5.74, 6) is -24.6. The number of nitrogens with one attached hydrogen (secondary N) is 20. The summed E-state index contributed by atoms with van der Waals surface area (Å²) in [7, 11) is 2.58. The van der Waals surface area contributed by atoms with Crippen LogP contribution in [-0.2, 0) is 117 Å². The van der Waals surface area contributed by atoms with E-state index in [1.807, 2.05) is 0 Å². The van der Waals surface area contributed by atoms with Crippen LogP contribution in [0.2, 0.25) is 0 Å². The van der Waals surface area contributed by atoms with Gasteiger partial charge in [-0.2, -0.15) is 0 Å². The second-order valence-electron chi connectivity index (χ2n) is 36.1. The van der Waals surface area contributed by atoms with E-state index >= 15 is 0 Å². The second kappa shape index (κ2) is 68.1. The molecule has 0 radical (unpaired) electrons. The molecule has 0 spiro atoms. The van der Waals surface area contributed by atoms with Gasteiger partial charge in [0.1, 0.15) is 108 Å². The molecule has 2 aromatic heterocycles. The summed E-state index contributed by atoms with van der Waals surface area (Å²) in [4.78, 5) is 321. The molecule has 0 saturated carbocycles. The number of imidazole rings is 1. The van der Waals surface area contributed by atoms with Gasteiger partial charge < -0.3 is 149 Å². The van der Waals surface area contributed by atoms with Gasteiger partial charge in [-0.05, 0) is 205 Å². The third-order valence-electron chi connectivity index (χ3n) is 21.7. The maximum absolute atomic E-state index is 14.7. The number of H-pyrrole nitrogens is 1. The quantitative estimate of drug-likeness (QED) is 0.0216. The number of amides is 19. The highest BCUT2D eigenvalue weighted by Crippen LogP contribution is 2.29. The molecule has 19 amide bonds. The molecule has 0 saturated heterocycles. The average molecular weight is 2090 g/mol. The summed E-state index contributed by atoms with van der Waals surface area (Å²) in [5.41, 5.74) is 23.4. The van der Waals surface area contributed by atoms with Gasteiger partial charge >= 0.3 is 23.9 Å².